The molecule has 1 aromatic heterocycles. The third-order valence-corrected chi connectivity index (χ3v) is 2.82. The number of amides is 1. The van der Waals surface area contributed by atoms with E-state index in [1.165, 1.54) is 6.33 Å². The number of nitrogen functional groups attached to an aromatic ring is 1. The van der Waals surface area contributed by atoms with Crippen LogP contribution in [0.1, 0.15) is 27.2 Å². The van der Waals surface area contributed by atoms with Crippen LogP contribution >= 0.6 is 0 Å². The van der Waals surface area contributed by atoms with Crippen molar-refractivity contribution in [3.63, 3.8) is 0 Å². The average molecular weight is 287 g/mol. The third kappa shape index (κ3) is 4.30. The summed E-state index contributed by atoms with van der Waals surface area (Å²) in [6.45, 7) is 6.37. The lowest BCUT2D eigenvalue weighted by molar-refractivity contribution is -0.122. The van der Waals surface area contributed by atoms with E-state index in [-0.39, 0.29) is 11.4 Å². The molecule has 0 fully saturated rings. The van der Waals surface area contributed by atoms with Gasteiger partial charge in [0.2, 0.25) is 5.91 Å². The van der Waals surface area contributed by atoms with Gasteiger partial charge in [-0.25, -0.2) is 9.97 Å². The molecule has 2 aromatic rings. The zero-order valence-electron chi connectivity index (χ0n) is 12.6. The van der Waals surface area contributed by atoms with Crippen molar-refractivity contribution in [3.05, 3.63) is 24.5 Å². The number of anilines is 2. The molecule has 112 valence electrons. The summed E-state index contributed by atoms with van der Waals surface area (Å²) < 4.78 is 0. The van der Waals surface area contributed by atoms with Gasteiger partial charge in [-0.2, -0.15) is 0 Å². The molecule has 21 heavy (non-hydrogen) atoms. The quantitative estimate of drug-likeness (QED) is 0.747. The Balaban J connectivity index is 2.01. The van der Waals surface area contributed by atoms with E-state index in [9.17, 15) is 4.79 Å². The van der Waals surface area contributed by atoms with Crippen molar-refractivity contribution in [2.24, 2.45) is 0 Å². The maximum Gasteiger partial charge on any atom is 0.222 e. The predicted molar refractivity (Wildman–Crippen MR) is 85.0 cm³/mol. The molecule has 0 saturated heterocycles. The molecule has 0 unspecified atom stereocenters. The van der Waals surface area contributed by atoms with Crippen LogP contribution in [0.25, 0.3) is 10.9 Å². The zero-order chi connectivity index (χ0) is 15.5. The standard InChI is InChI=1S/C15H21N5O/c1-15(2,3)20-13(21)6-7-17-14-11-8-10(16)4-5-12(11)18-9-19-14/h4-5,8-9H,6-7,16H2,1-3H3,(H,20,21)(H,17,18,19). The van der Waals surface area contributed by atoms with Crippen LogP contribution < -0.4 is 16.4 Å². The number of aromatic nitrogens is 2. The third-order valence-electron chi connectivity index (χ3n) is 2.82. The van der Waals surface area contributed by atoms with Gasteiger partial charge < -0.3 is 16.4 Å². The van der Waals surface area contributed by atoms with Crippen molar-refractivity contribution >= 4 is 28.3 Å². The number of nitrogens with one attached hydrogen (secondary N) is 2. The van der Waals surface area contributed by atoms with E-state index in [1.807, 2.05) is 32.9 Å². The minimum absolute atomic E-state index is 0.00729. The van der Waals surface area contributed by atoms with Gasteiger partial charge in [-0.3, -0.25) is 4.79 Å². The van der Waals surface area contributed by atoms with Gasteiger partial charge in [-0.05, 0) is 39.0 Å². The number of benzene rings is 1. The Morgan fingerprint density at radius 3 is 2.76 bits per heavy atom. The topological polar surface area (TPSA) is 92.9 Å². The summed E-state index contributed by atoms with van der Waals surface area (Å²) >= 11 is 0. The molecule has 0 saturated carbocycles. The fraction of sp³-hybridized carbons (Fsp3) is 0.400. The van der Waals surface area contributed by atoms with Crippen LogP contribution in [0.15, 0.2) is 24.5 Å². The predicted octanol–water partition coefficient (Wildman–Crippen LogP) is 1.93. The van der Waals surface area contributed by atoms with E-state index in [2.05, 4.69) is 20.6 Å². The van der Waals surface area contributed by atoms with Gasteiger partial charge in [0.25, 0.3) is 0 Å². The normalized spacial score (nSPS) is 11.4. The van der Waals surface area contributed by atoms with Crippen LogP contribution in [0.3, 0.4) is 0 Å². The van der Waals surface area contributed by atoms with E-state index < -0.39 is 0 Å². The maximum absolute atomic E-state index is 11.8. The van der Waals surface area contributed by atoms with E-state index in [0.717, 1.165) is 10.9 Å². The van der Waals surface area contributed by atoms with Gasteiger partial charge >= 0.3 is 0 Å². The summed E-state index contributed by atoms with van der Waals surface area (Å²) in [5.74, 6) is 0.698. The lowest BCUT2D eigenvalue weighted by Crippen LogP contribution is -2.41. The van der Waals surface area contributed by atoms with Gasteiger partial charge in [0, 0.05) is 29.6 Å². The number of carbonyl (C=O) groups is 1. The largest absolute Gasteiger partial charge is 0.399 e. The molecular formula is C15H21N5O. The Morgan fingerprint density at radius 1 is 1.29 bits per heavy atom. The number of nitrogens with two attached hydrogens (primary N) is 1. The second-order valence-corrected chi connectivity index (χ2v) is 5.97. The number of hydrogen-bond donors (Lipinski definition) is 3. The van der Waals surface area contributed by atoms with E-state index >= 15 is 0 Å². The molecular weight excluding hydrogens is 266 g/mol. The second kappa shape index (κ2) is 5.95. The number of hydrogen-bond acceptors (Lipinski definition) is 5. The molecule has 0 spiro atoms. The minimum atomic E-state index is -0.215. The van der Waals surface area contributed by atoms with Gasteiger partial charge in [0.05, 0.1) is 5.52 Å². The molecule has 4 N–H and O–H groups in total. The molecule has 0 atom stereocenters. The monoisotopic (exact) mass is 287 g/mol. The summed E-state index contributed by atoms with van der Waals surface area (Å²) in [7, 11) is 0. The molecule has 1 aromatic carbocycles. The van der Waals surface area contributed by atoms with Crippen molar-refractivity contribution in [1.82, 2.24) is 15.3 Å². The fourth-order valence-electron chi connectivity index (χ4n) is 1.99. The van der Waals surface area contributed by atoms with Crippen molar-refractivity contribution in [1.29, 1.82) is 0 Å². The molecule has 6 nitrogen and oxygen atoms in total. The first-order valence-electron chi connectivity index (χ1n) is 6.90. The van der Waals surface area contributed by atoms with E-state index in [1.54, 1.807) is 6.07 Å². The number of rotatable bonds is 4. The van der Waals surface area contributed by atoms with Crippen LogP contribution in [-0.2, 0) is 4.79 Å². The van der Waals surface area contributed by atoms with Crippen molar-refractivity contribution in [2.75, 3.05) is 17.6 Å². The summed E-state index contributed by atoms with van der Waals surface area (Å²) in [6, 6.07) is 5.48. The lowest BCUT2D eigenvalue weighted by Gasteiger charge is -2.20. The highest BCUT2D eigenvalue weighted by atomic mass is 16.1. The lowest BCUT2D eigenvalue weighted by atomic mass is 10.1. The highest BCUT2D eigenvalue weighted by molar-refractivity contribution is 5.91. The van der Waals surface area contributed by atoms with Crippen LogP contribution in [0.5, 0.6) is 0 Å². The molecule has 0 bridgehead atoms. The van der Waals surface area contributed by atoms with Crippen LogP contribution in [-0.4, -0.2) is 28.0 Å². The fourth-order valence-corrected chi connectivity index (χ4v) is 1.99. The van der Waals surface area contributed by atoms with Crippen molar-refractivity contribution < 1.29 is 4.79 Å². The first kappa shape index (κ1) is 15.0. The zero-order valence-corrected chi connectivity index (χ0v) is 12.6. The molecule has 6 heteroatoms. The minimum Gasteiger partial charge on any atom is -0.399 e. The summed E-state index contributed by atoms with van der Waals surface area (Å²) in [4.78, 5) is 20.2. The number of fused-ring (bicyclic) bond motifs is 1. The second-order valence-electron chi connectivity index (χ2n) is 5.97. The molecule has 2 rings (SSSR count). The Hall–Kier alpha value is -2.37. The Labute approximate surface area is 124 Å². The molecule has 1 amide bonds. The SMILES string of the molecule is CC(C)(C)NC(=O)CCNc1ncnc2ccc(N)cc12. The van der Waals surface area contributed by atoms with E-state index in [0.29, 0.717) is 24.5 Å². The van der Waals surface area contributed by atoms with Gasteiger partial charge in [0.1, 0.15) is 12.1 Å². The van der Waals surface area contributed by atoms with Crippen LogP contribution in [0.2, 0.25) is 0 Å². The maximum atomic E-state index is 11.8. The summed E-state index contributed by atoms with van der Waals surface area (Å²) in [5.41, 5.74) is 7.05. The van der Waals surface area contributed by atoms with Crippen molar-refractivity contribution in [2.45, 2.75) is 32.7 Å². The smallest absolute Gasteiger partial charge is 0.222 e. The molecule has 0 aliphatic heterocycles. The molecule has 0 aliphatic carbocycles. The first-order chi connectivity index (χ1) is 9.85. The van der Waals surface area contributed by atoms with Gasteiger partial charge in [-0.1, -0.05) is 0 Å². The van der Waals surface area contributed by atoms with Crippen LogP contribution in [0.4, 0.5) is 11.5 Å². The summed E-state index contributed by atoms with van der Waals surface area (Å²) in [6.07, 6.45) is 1.88. The van der Waals surface area contributed by atoms with Gasteiger partial charge in [-0.15, -0.1) is 0 Å². The van der Waals surface area contributed by atoms with Gasteiger partial charge in [0.15, 0.2) is 0 Å². The Morgan fingerprint density at radius 2 is 2.05 bits per heavy atom. The molecule has 1 heterocycles. The average Bonchev–Trinajstić information content (AvgIpc) is 2.37. The number of carbonyl (C=O) groups excluding carboxylic acids is 1. The first-order valence-corrected chi connectivity index (χ1v) is 6.90. The van der Waals surface area contributed by atoms with E-state index in [4.69, 9.17) is 5.73 Å². The van der Waals surface area contributed by atoms with Crippen molar-refractivity contribution in [3.8, 4) is 0 Å². The Kier molecular flexibility index (Phi) is 4.26. The highest BCUT2D eigenvalue weighted by Gasteiger charge is 2.13. The van der Waals surface area contributed by atoms with Crippen LogP contribution in [0, 0.1) is 0 Å². The number of nitrogens with zero attached hydrogens (tertiary/aromatic N) is 2. The molecule has 0 aliphatic rings. The highest BCUT2D eigenvalue weighted by Crippen LogP contribution is 2.21. The summed E-state index contributed by atoms with van der Waals surface area (Å²) in [5, 5.41) is 6.94. The Bertz CT molecular complexity index is 648. The molecule has 0 radical (unpaired) electrons.